The summed E-state index contributed by atoms with van der Waals surface area (Å²) < 4.78 is 26.7. The predicted molar refractivity (Wildman–Crippen MR) is 72.0 cm³/mol. The fourth-order valence-electron chi connectivity index (χ4n) is 2.03. The number of piperidine rings is 1. The van der Waals surface area contributed by atoms with Crippen LogP contribution in [-0.4, -0.2) is 30.9 Å². The third-order valence-corrected chi connectivity index (χ3v) is 6.84. The van der Waals surface area contributed by atoms with Crippen LogP contribution in [0.25, 0.3) is 0 Å². The maximum absolute atomic E-state index is 12.4. The molecule has 0 atom stereocenters. The Morgan fingerprint density at radius 2 is 2.00 bits per heavy atom. The maximum atomic E-state index is 12.4. The van der Waals surface area contributed by atoms with Gasteiger partial charge in [0.1, 0.15) is 4.21 Å². The number of nitrogens with zero attached hydrogens (tertiary/aromatic N) is 1. The monoisotopic (exact) mass is 289 g/mol. The lowest BCUT2D eigenvalue weighted by Gasteiger charge is -2.35. The molecule has 0 aromatic carbocycles. The van der Waals surface area contributed by atoms with Crippen molar-refractivity contribution in [3.05, 3.63) is 17.0 Å². The minimum atomic E-state index is -3.36. The molecule has 2 heterocycles. The summed E-state index contributed by atoms with van der Waals surface area (Å²) in [4.78, 5) is 0. The van der Waals surface area contributed by atoms with Crippen molar-refractivity contribution < 1.29 is 13.5 Å². The highest BCUT2D eigenvalue weighted by molar-refractivity contribution is 7.91. The molecule has 4 nitrogen and oxygen atoms in total. The minimum Gasteiger partial charge on any atom is -0.392 e. The summed E-state index contributed by atoms with van der Waals surface area (Å²) in [6, 6.07) is 1.57. The van der Waals surface area contributed by atoms with Crippen molar-refractivity contribution in [2.75, 3.05) is 13.1 Å². The molecule has 0 radical (unpaired) electrons. The molecule has 2 rings (SSSR count). The van der Waals surface area contributed by atoms with E-state index in [1.54, 1.807) is 15.8 Å². The second kappa shape index (κ2) is 4.92. The Morgan fingerprint density at radius 3 is 2.50 bits per heavy atom. The van der Waals surface area contributed by atoms with E-state index in [2.05, 4.69) is 13.8 Å². The molecule has 1 saturated heterocycles. The van der Waals surface area contributed by atoms with Gasteiger partial charge in [0, 0.05) is 13.1 Å². The van der Waals surface area contributed by atoms with Crippen LogP contribution in [0.2, 0.25) is 0 Å². The van der Waals surface area contributed by atoms with E-state index in [9.17, 15) is 8.42 Å². The van der Waals surface area contributed by atoms with Crippen LogP contribution in [0.1, 0.15) is 32.3 Å². The third-order valence-electron chi connectivity index (χ3n) is 3.48. The Labute approximate surface area is 112 Å². The van der Waals surface area contributed by atoms with Crippen LogP contribution in [0, 0.1) is 5.41 Å². The third kappa shape index (κ3) is 2.77. The molecule has 1 N–H and O–H groups in total. The molecule has 102 valence electrons. The summed E-state index contributed by atoms with van der Waals surface area (Å²) in [5.74, 6) is 0. The molecule has 6 heteroatoms. The van der Waals surface area contributed by atoms with E-state index in [0.717, 1.165) is 12.8 Å². The second-order valence-corrected chi connectivity index (χ2v) is 8.58. The topological polar surface area (TPSA) is 57.6 Å². The van der Waals surface area contributed by atoms with Crippen LogP contribution >= 0.6 is 11.3 Å². The van der Waals surface area contributed by atoms with Crippen molar-refractivity contribution >= 4 is 21.4 Å². The van der Waals surface area contributed by atoms with Gasteiger partial charge in [0.25, 0.3) is 10.0 Å². The van der Waals surface area contributed by atoms with Crippen LogP contribution in [0.3, 0.4) is 0 Å². The lowest BCUT2D eigenvalue weighted by Crippen LogP contribution is -2.40. The zero-order valence-corrected chi connectivity index (χ0v) is 12.4. The number of hydrogen-bond acceptors (Lipinski definition) is 4. The van der Waals surface area contributed by atoms with Gasteiger partial charge in [0.15, 0.2) is 0 Å². The number of aliphatic hydroxyl groups is 1. The number of thiophene rings is 1. The minimum absolute atomic E-state index is 0.112. The molecule has 1 aliphatic rings. The van der Waals surface area contributed by atoms with Crippen LogP contribution in [0.4, 0.5) is 0 Å². The first kappa shape index (κ1) is 14.0. The van der Waals surface area contributed by atoms with Crippen LogP contribution < -0.4 is 0 Å². The molecule has 0 spiro atoms. The number of rotatable bonds is 3. The highest BCUT2D eigenvalue weighted by Gasteiger charge is 2.33. The second-order valence-electron chi connectivity index (χ2n) is 5.50. The van der Waals surface area contributed by atoms with Gasteiger partial charge in [-0.1, -0.05) is 13.8 Å². The zero-order valence-electron chi connectivity index (χ0n) is 10.7. The molecule has 18 heavy (non-hydrogen) atoms. The summed E-state index contributed by atoms with van der Waals surface area (Å²) in [5, 5.41) is 10.7. The van der Waals surface area contributed by atoms with Gasteiger partial charge in [-0.25, -0.2) is 8.42 Å². The molecular weight excluding hydrogens is 270 g/mol. The number of hydrogen-bond donors (Lipinski definition) is 1. The predicted octanol–water partition coefficient (Wildman–Crippen LogP) is 2.05. The van der Waals surface area contributed by atoms with Crippen molar-refractivity contribution in [1.29, 1.82) is 0 Å². The van der Waals surface area contributed by atoms with Gasteiger partial charge in [-0.15, -0.1) is 11.3 Å². The molecule has 0 aliphatic carbocycles. The molecule has 1 aromatic rings. The highest BCUT2D eigenvalue weighted by atomic mass is 32.2. The average Bonchev–Trinajstić information content (AvgIpc) is 2.77. The van der Waals surface area contributed by atoms with Gasteiger partial charge in [0.05, 0.1) is 6.61 Å². The van der Waals surface area contributed by atoms with E-state index in [1.165, 1.54) is 11.3 Å². The number of sulfonamides is 1. The van der Waals surface area contributed by atoms with Crippen molar-refractivity contribution in [2.24, 2.45) is 5.41 Å². The summed E-state index contributed by atoms with van der Waals surface area (Å²) in [5.41, 5.74) is 0.897. The highest BCUT2D eigenvalue weighted by Crippen LogP contribution is 2.33. The fourth-order valence-corrected chi connectivity index (χ4v) is 4.83. The fraction of sp³-hybridized carbons (Fsp3) is 0.667. The van der Waals surface area contributed by atoms with Gasteiger partial charge in [-0.05, 0) is 35.3 Å². The zero-order chi connectivity index (χ0) is 13.4. The summed E-state index contributed by atoms with van der Waals surface area (Å²) in [6.07, 6.45) is 1.79. The molecule has 1 aromatic heterocycles. The molecular formula is C12H19NO3S2. The Morgan fingerprint density at radius 1 is 1.39 bits per heavy atom. The standard InChI is InChI=1S/C12H19NO3S2/c1-12(2)3-5-13(6-4-12)18(15,16)11-7-10(8-14)9-17-11/h7,9,14H,3-6,8H2,1-2H3. The van der Waals surface area contributed by atoms with Gasteiger partial charge >= 0.3 is 0 Å². The lowest BCUT2D eigenvalue weighted by molar-refractivity contribution is 0.196. The van der Waals surface area contributed by atoms with Crippen molar-refractivity contribution in [3.63, 3.8) is 0 Å². The van der Waals surface area contributed by atoms with E-state index in [-0.39, 0.29) is 12.0 Å². The Balaban J connectivity index is 2.17. The van der Waals surface area contributed by atoms with Crippen molar-refractivity contribution in [3.8, 4) is 0 Å². The largest absolute Gasteiger partial charge is 0.392 e. The SMILES string of the molecule is CC1(C)CCN(S(=O)(=O)c2cc(CO)cs2)CC1. The van der Waals surface area contributed by atoms with Crippen LogP contribution in [-0.2, 0) is 16.6 Å². The van der Waals surface area contributed by atoms with Crippen LogP contribution in [0.5, 0.6) is 0 Å². The van der Waals surface area contributed by atoms with Crippen molar-refractivity contribution in [1.82, 2.24) is 4.31 Å². The first-order valence-electron chi connectivity index (χ1n) is 6.04. The van der Waals surface area contributed by atoms with E-state index in [4.69, 9.17) is 5.11 Å². The van der Waals surface area contributed by atoms with Gasteiger partial charge in [0.2, 0.25) is 0 Å². The van der Waals surface area contributed by atoms with Gasteiger partial charge < -0.3 is 5.11 Å². The molecule has 0 unspecified atom stereocenters. The molecule has 0 amide bonds. The van der Waals surface area contributed by atoms with E-state index < -0.39 is 10.0 Å². The maximum Gasteiger partial charge on any atom is 0.252 e. The van der Waals surface area contributed by atoms with Gasteiger partial charge in [-0.3, -0.25) is 0 Å². The summed E-state index contributed by atoms with van der Waals surface area (Å²) in [7, 11) is -3.36. The smallest absolute Gasteiger partial charge is 0.252 e. The van der Waals surface area contributed by atoms with E-state index >= 15 is 0 Å². The Kier molecular flexibility index (Phi) is 3.82. The number of aliphatic hydroxyl groups excluding tert-OH is 1. The Hall–Kier alpha value is -0.430. The quantitative estimate of drug-likeness (QED) is 0.926. The Bertz CT molecular complexity index is 509. The van der Waals surface area contributed by atoms with E-state index in [1.807, 2.05) is 0 Å². The first-order valence-corrected chi connectivity index (χ1v) is 8.35. The molecule has 1 aliphatic heterocycles. The molecule has 1 fully saturated rings. The van der Waals surface area contributed by atoms with Gasteiger partial charge in [-0.2, -0.15) is 4.31 Å². The molecule has 0 saturated carbocycles. The molecule has 0 bridgehead atoms. The normalized spacial score (nSPS) is 21.1. The first-order chi connectivity index (χ1) is 8.35. The summed E-state index contributed by atoms with van der Waals surface area (Å²) in [6.45, 7) is 5.40. The average molecular weight is 289 g/mol. The van der Waals surface area contributed by atoms with Crippen LogP contribution in [0.15, 0.2) is 15.7 Å². The van der Waals surface area contributed by atoms with E-state index in [0.29, 0.717) is 22.9 Å². The lowest BCUT2D eigenvalue weighted by atomic mass is 9.83. The van der Waals surface area contributed by atoms with Crippen molar-refractivity contribution in [2.45, 2.75) is 37.5 Å². The summed E-state index contributed by atoms with van der Waals surface area (Å²) >= 11 is 1.18.